The van der Waals surface area contributed by atoms with Crippen LogP contribution in [0.3, 0.4) is 0 Å². The number of nitrogens with two attached hydrogens (primary N) is 1. The van der Waals surface area contributed by atoms with E-state index in [0.29, 0.717) is 24.9 Å². The Labute approximate surface area is 97.7 Å². The molecular formula is C8H15N5O2S. The van der Waals surface area contributed by atoms with Crippen molar-refractivity contribution in [3.8, 4) is 0 Å². The van der Waals surface area contributed by atoms with Crippen LogP contribution in [0.15, 0.2) is 5.16 Å². The summed E-state index contributed by atoms with van der Waals surface area (Å²) in [6.45, 7) is 4.88. The summed E-state index contributed by atoms with van der Waals surface area (Å²) in [6.07, 6.45) is 0. The summed E-state index contributed by atoms with van der Waals surface area (Å²) < 4.78 is 6.46. The van der Waals surface area contributed by atoms with Gasteiger partial charge in [0.2, 0.25) is 5.16 Å². The highest BCUT2D eigenvalue weighted by atomic mass is 32.2. The molecule has 1 unspecified atom stereocenters. The van der Waals surface area contributed by atoms with Crippen molar-refractivity contribution < 1.29 is 9.53 Å². The van der Waals surface area contributed by atoms with E-state index in [9.17, 15) is 4.79 Å². The Balaban J connectivity index is 2.58. The fraction of sp³-hybridized carbons (Fsp3) is 0.750. The lowest BCUT2D eigenvalue weighted by molar-refractivity contribution is -0.142. The summed E-state index contributed by atoms with van der Waals surface area (Å²) in [5, 5.41) is 11.4. The quantitative estimate of drug-likeness (QED) is 0.541. The zero-order chi connectivity index (χ0) is 12.0. The zero-order valence-corrected chi connectivity index (χ0v) is 10.1. The van der Waals surface area contributed by atoms with E-state index in [1.807, 2.05) is 0 Å². The van der Waals surface area contributed by atoms with Gasteiger partial charge in [-0.3, -0.25) is 4.79 Å². The van der Waals surface area contributed by atoms with E-state index in [1.165, 1.54) is 11.8 Å². The molecule has 1 rings (SSSR count). The molecule has 0 saturated carbocycles. The topological polar surface area (TPSA) is 95.9 Å². The molecule has 0 saturated heterocycles. The molecular weight excluding hydrogens is 230 g/mol. The first-order chi connectivity index (χ1) is 7.69. The van der Waals surface area contributed by atoms with Crippen LogP contribution in [0.25, 0.3) is 0 Å². The molecule has 1 heterocycles. The SMILES string of the molecule is CCOC(=O)C(C)Sc1nnnn1CCN. The van der Waals surface area contributed by atoms with Gasteiger partial charge < -0.3 is 10.5 Å². The van der Waals surface area contributed by atoms with Crippen LogP contribution in [0.1, 0.15) is 13.8 Å². The minimum atomic E-state index is -0.331. The Kier molecular flexibility index (Phi) is 5.20. The normalized spacial score (nSPS) is 12.4. The Hall–Kier alpha value is -1.15. The minimum Gasteiger partial charge on any atom is -0.465 e. The average Bonchev–Trinajstić information content (AvgIpc) is 2.67. The average molecular weight is 245 g/mol. The van der Waals surface area contributed by atoms with Crippen LogP contribution >= 0.6 is 11.8 Å². The fourth-order valence-electron chi connectivity index (χ4n) is 1.01. The van der Waals surface area contributed by atoms with Gasteiger partial charge in [-0.05, 0) is 24.3 Å². The summed E-state index contributed by atoms with van der Waals surface area (Å²) in [5.74, 6) is -0.269. The molecule has 7 nitrogen and oxygen atoms in total. The van der Waals surface area contributed by atoms with Crippen molar-refractivity contribution in [2.75, 3.05) is 13.2 Å². The molecule has 90 valence electrons. The molecule has 0 spiro atoms. The van der Waals surface area contributed by atoms with E-state index < -0.39 is 0 Å². The van der Waals surface area contributed by atoms with E-state index in [1.54, 1.807) is 18.5 Å². The van der Waals surface area contributed by atoms with Gasteiger partial charge in [0.05, 0.1) is 13.2 Å². The summed E-state index contributed by atoms with van der Waals surface area (Å²) in [4.78, 5) is 11.4. The smallest absolute Gasteiger partial charge is 0.319 e. The lowest BCUT2D eigenvalue weighted by Crippen LogP contribution is -2.18. The standard InChI is InChI=1S/C8H15N5O2S/c1-3-15-7(14)6(2)16-8-10-11-12-13(8)5-4-9/h6H,3-5,9H2,1-2H3. The number of hydrogen-bond donors (Lipinski definition) is 1. The van der Waals surface area contributed by atoms with Gasteiger partial charge in [0.25, 0.3) is 0 Å². The number of hydrogen-bond acceptors (Lipinski definition) is 7. The maximum atomic E-state index is 11.4. The fourth-order valence-corrected chi connectivity index (χ4v) is 1.82. The summed E-state index contributed by atoms with van der Waals surface area (Å²) in [5.41, 5.74) is 5.41. The molecule has 0 aliphatic heterocycles. The van der Waals surface area contributed by atoms with E-state index in [-0.39, 0.29) is 11.2 Å². The Morgan fingerprint density at radius 1 is 1.69 bits per heavy atom. The maximum Gasteiger partial charge on any atom is 0.319 e. The Bertz CT molecular complexity index is 343. The van der Waals surface area contributed by atoms with Crippen molar-refractivity contribution in [3.63, 3.8) is 0 Å². The molecule has 0 bridgehead atoms. The van der Waals surface area contributed by atoms with Gasteiger partial charge in [-0.25, -0.2) is 4.68 Å². The highest BCUT2D eigenvalue weighted by molar-refractivity contribution is 8.00. The van der Waals surface area contributed by atoms with Gasteiger partial charge in [0, 0.05) is 6.54 Å². The summed E-state index contributed by atoms with van der Waals surface area (Å²) >= 11 is 1.26. The lowest BCUT2D eigenvalue weighted by atomic mass is 10.5. The molecule has 8 heteroatoms. The van der Waals surface area contributed by atoms with Crippen LogP contribution in [0.2, 0.25) is 0 Å². The number of ether oxygens (including phenoxy) is 1. The predicted octanol–water partition coefficient (Wildman–Crippen LogP) is -0.325. The largest absolute Gasteiger partial charge is 0.465 e. The third-order valence-electron chi connectivity index (χ3n) is 1.74. The highest BCUT2D eigenvalue weighted by Crippen LogP contribution is 2.20. The highest BCUT2D eigenvalue weighted by Gasteiger charge is 2.19. The molecule has 1 aromatic heterocycles. The first-order valence-electron chi connectivity index (χ1n) is 4.98. The second kappa shape index (κ2) is 6.44. The molecule has 0 radical (unpaired) electrons. The first-order valence-corrected chi connectivity index (χ1v) is 5.86. The molecule has 0 fully saturated rings. The van der Waals surface area contributed by atoms with E-state index >= 15 is 0 Å². The number of nitrogens with zero attached hydrogens (tertiary/aromatic N) is 4. The number of esters is 1. The minimum absolute atomic E-state index is 0.269. The number of rotatable bonds is 6. The van der Waals surface area contributed by atoms with Crippen LogP contribution < -0.4 is 5.73 Å². The Morgan fingerprint density at radius 3 is 3.06 bits per heavy atom. The third kappa shape index (κ3) is 3.46. The molecule has 0 aliphatic carbocycles. The van der Waals surface area contributed by atoms with Gasteiger partial charge in [0.15, 0.2) is 0 Å². The van der Waals surface area contributed by atoms with Crippen LogP contribution in [-0.4, -0.2) is 44.6 Å². The van der Waals surface area contributed by atoms with Crippen molar-refractivity contribution in [3.05, 3.63) is 0 Å². The summed E-state index contributed by atoms with van der Waals surface area (Å²) in [7, 11) is 0. The second-order valence-corrected chi connectivity index (χ2v) is 4.29. The molecule has 16 heavy (non-hydrogen) atoms. The van der Waals surface area contributed by atoms with Crippen LogP contribution in [0, 0.1) is 0 Å². The molecule has 0 aliphatic rings. The number of carbonyl (C=O) groups excluding carboxylic acids is 1. The Morgan fingerprint density at radius 2 is 2.44 bits per heavy atom. The van der Waals surface area contributed by atoms with Crippen molar-refractivity contribution in [1.82, 2.24) is 20.2 Å². The predicted molar refractivity (Wildman–Crippen MR) is 58.8 cm³/mol. The van der Waals surface area contributed by atoms with Gasteiger partial charge in [-0.15, -0.1) is 5.10 Å². The van der Waals surface area contributed by atoms with Crippen molar-refractivity contribution in [2.45, 2.75) is 30.8 Å². The zero-order valence-electron chi connectivity index (χ0n) is 9.29. The van der Waals surface area contributed by atoms with Crippen molar-refractivity contribution >= 4 is 17.7 Å². The number of tetrazole rings is 1. The van der Waals surface area contributed by atoms with Crippen molar-refractivity contribution in [2.24, 2.45) is 5.73 Å². The molecule has 2 N–H and O–H groups in total. The van der Waals surface area contributed by atoms with E-state index in [4.69, 9.17) is 10.5 Å². The van der Waals surface area contributed by atoms with Gasteiger partial charge >= 0.3 is 5.97 Å². The number of aromatic nitrogens is 4. The molecule has 1 atom stereocenters. The van der Waals surface area contributed by atoms with Crippen LogP contribution in [-0.2, 0) is 16.1 Å². The molecule has 1 aromatic rings. The van der Waals surface area contributed by atoms with Crippen LogP contribution in [0.4, 0.5) is 0 Å². The molecule has 0 aromatic carbocycles. The van der Waals surface area contributed by atoms with Gasteiger partial charge in [-0.2, -0.15) is 0 Å². The monoisotopic (exact) mass is 245 g/mol. The third-order valence-corrected chi connectivity index (χ3v) is 2.79. The van der Waals surface area contributed by atoms with E-state index in [2.05, 4.69) is 15.5 Å². The second-order valence-electron chi connectivity index (χ2n) is 2.99. The van der Waals surface area contributed by atoms with E-state index in [0.717, 1.165) is 0 Å². The van der Waals surface area contributed by atoms with Gasteiger partial charge in [0.1, 0.15) is 5.25 Å². The number of carbonyl (C=O) groups is 1. The van der Waals surface area contributed by atoms with Gasteiger partial charge in [-0.1, -0.05) is 11.8 Å². The lowest BCUT2D eigenvalue weighted by Gasteiger charge is -2.09. The van der Waals surface area contributed by atoms with Crippen LogP contribution in [0.5, 0.6) is 0 Å². The summed E-state index contributed by atoms with van der Waals surface area (Å²) in [6, 6.07) is 0. The first kappa shape index (κ1) is 12.9. The number of thioether (sulfide) groups is 1. The van der Waals surface area contributed by atoms with Crippen molar-refractivity contribution in [1.29, 1.82) is 0 Å². The molecule has 0 amide bonds. The maximum absolute atomic E-state index is 11.4.